The standard InChI is InChI=1S/C13H17NO3/c1-3-13(17)7-14(8-13)12(16)11-5-4-10(15)6-9(11)2/h4-6,15,17H,3,7-8H2,1-2H3. The Morgan fingerprint density at radius 1 is 1.47 bits per heavy atom. The smallest absolute Gasteiger partial charge is 0.254 e. The molecule has 1 aromatic carbocycles. The number of carbonyl (C=O) groups is 1. The summed E-state index contributed by atoms with van der Waals surface area (Å²) < 4.78 is 0. The van der Waals surface area contributed by atoms with Crippen molar-refractivity contribution < 1.29 is 15.0 Å². The molecule has 17 heavy (non-hydrogen) atoms. The third kappa shape index (κ3) is 2.13. The Bertz CT molecular complexity index is 450. The van der Waals surface area contributed by atoms with Gasteiger partial charge in [0.1, 0.15) is 5.75 Å². The van der Waals surface area contributed by atoms with Gasteiger partial charge < -0.3 is 15.1 Å². The third-order valence-electron chi connectivity index (χ3n) is 3.36. The van der Waals surface area contributed by atoms with Crippen LogP contribution >= 0.6 is 0 Å². The molecule has 0 bridgehead atoms. The zero-order valence-corrected chi connectivity index (χ0v) is 10.1. The van der Waals surface area contributed by atoms with Crippen molar-refractivity contribution in [3.63, 3.8) is 0 Å². The topological polar surface area (TPSA) is 60.8 Å². The van der Waals surface area contributed by atoms with Crippen molar-refractivity contribution in [2.24, 2.45) is 0 Å². The molecule has 2 rings (SSSR count). The summed E-state index contributed by atoms with van der Waals surface area (Å²) in [4.78, 5) is 13.7. The van der Waals surface area contributed by atoms with Gasteiger partial charge in [0.25, 0.3) is 5.91 Å². The van der Waals surface area contributed by atoms with Crippen molar-refractivity contribution in [3.05, 3.63) is 29.3 Å². The van der Waals surface area contributed by atoms with Crippen molar-refractivity contribution in [1.29, 1.82) is 0 Å². The molecule has 0 aliphatic carbocycles. The van der Waals surface area contributed by atoms with Gasteiger partial charge in [0.05, 0.1) is 18.7 Å². The molecule has 4 nitrogen and oxygen atoms in total. The molecule has 92 valence electrons. The number of benzene rings is 1. The molecule has 1 saturated heterocycles. The summed E-state index contributed by atoms with van der Waals surface area (Å²) in [7, 11) is 0. The molecule has 0 atom stereocenters. The minimum Gasteiger partial charge on any atom is -0.508 e. The molecule has 1 heterocycles. The van der Waals surface area contributed by atoms with Crippen LogP contribution in [-0.4, -0.2) is 39.7 Å². The average molecular weight is 235 g/mol. The third-order valence-corrected chi connectivity index (χ3v) is 3.36. The molecule has 1 aromatic rings. The summed E-state index contributed by atoms with van der Waals surface area (Å²) in [6.45, 7) is 4.48. The molecule has 0 unspecified atom stereocenters. The highest BCUT2D eigenvalue weighted by molar-refractivity contribution is 5.96. The molecule has 1 fully saturated rings. The minimum absolute atomic E-state index is 0.0828. The van der Waals surface area contributed by atoms with E-state index in [-0.39, 0.29) is 11.7 Å². The molecule has 1 aliphatic rings. The predicted molar refractivity (Wildman–Crippen MR) is 64.0 cm³/mol. The van der Waals surface area contributed by atoms with Gasteiger partial charge in [-0.3, -0.25) is 4.79 Å². The van der Waals surface area contributed by atoms with Crippen LogP contribution in [0.3, 0.4) is 0 Å². The highest BCUT2D eigenvalue weighted by Crippen LogP contribution is 2.27. The Hall–Kier alpha value is -1.55. The summed E-state index contributed by atoms with van der Waals surface area (Å²) in [6.07, 6.45) is 0.658. The van der Waals surface area contributed by atoms with Gasteiger partial charge in [-0.15, -0.1) is 0 Å². The van der Waals surface area contributed by atoms with Gasteiger partial charge >= 0.3 is 0 Å². The first-order valence-electron chi connectivity index (χ1n) is 5.76. The van der Waals surface area contributed by atoms with Gasteiger partial charge in [-0.2, -0.15) is 0 Å². The van der Waals surface area contributed by atoms with Gasteiger partial charge in [0.2, 0.25) is 0 Å². The molecule has 0 radical (unpaired) electrons. The quantitative estimate of drug-likeness (QED) is 0.812. The number of phenolic OH excluding ortho intramolecular Hbond substituents is 1. The SMILES string of the molecule is CCC1(O)CN(C(=O)c2ccc(O)cc2C)C1. The number of phenols is 1. The van der Waals surface area contributed by atoms with Crippen LogP contribution in [0.25, 0.3) is 0 Å². The molecular weight excluding hydrogens is 218 g/mol. The lowest BCUT2D eigenvalue weighted by atomic mass is 9.90. The Morgan fingerprint density at radius 3 is 2.65 bits per heavy atom. The largest absolute Gasteiger partial charge is 0.508 e. The van der Waals surface area contributed by atoms with E-state index in [1.807, 2.05) is 6.92 Å². The first-order chi connectivity index (χ1) is 7.95. The van der Waals surface area contributed by atoms with Crippen LogP contribution in [0.4, 0.5) is 0 Å². The lowest BCUT2D eigenvalue weighted by molar-refractivity contribution is -0.0826. The van der Waals surface area contributed by atoms with Gasteiger partial charge in [-0.25, -0.2) is 0 Å². The van der Waals surface area contributed by atoms with E-state index in [9.17, 15) is 15.0 Å². The Labute approximate surface area is 100 Å². The molecule has 1 aliphatic heterocycles. The molecular formula is C13H17NO3. The fourth-order valence-corrected chi connectivity index (χ4v) is 2.09. The molecule has 1 amide bonds. The van der Waals surface area contributed by atoms with Crippen LogP contribution in [0.5, 0.6) is 5.75 Å². The van der Waals surface area contributed by atoms with E-state index >= 15 is 0 Å². The van der Waals surface area contributed by atoms with E-state index < -0.39 is 5.60 Å². The molecule has 0 saturated carbocycles. The van der Waals surface area contributed by atoms with E-state index in [1.54, 1.807) is 24.0 Å². The number of β-amino-alcohol motifs (C(OH)–C–C–N with tert-alkyl or cyclic N) is 1. The van der Waals surface area contributed by atoms with Crippen LogP contribution < -0.4 is 0 Å². The summed E-state index contributed by atoms with van der Waals surface area (Å²) in [5.74, 6) is 0.0772. The van der Waals surface area contributed by atoms with Gasteiger partial charge in [0, 0.05) is 5.56 Å². The van der Waals surface area contributed by atoms with E-state index in [2.05, 4.69) is 0 Å². The number of aryl methyl sites for hydroxylation is 1. The first-order valence-corrected chi connectivity index (χ1v) is 5.76. The highest BCUT2D eigenvalue weighted by Gasteiger charge is 2.42. The second-order valence-electron chi connectivity index (χ2n) is 4.74. The second-order valence-corrected chi connectivity index (χ2v) is 4.74. The minimum atomic E-state index is -0.708. The number of aromatic hydroxyl groups is 1. The molecule has 2 N–H and O–H groups in total. The average Bonchev–Trinajstić information content (AvgIpc) is 2.24. The Morgan fingerprint density at radius 2 is 2.12 bits per heavy atom. The number of hydrogen-bond acceptors (Lipinski definition) is 3. The van der Waals surface area contributed by atoms with Crippen LogP contribution in [0.2, 0.25) is 0 Å². The van der Waals surface area contributed by atoms with E-state index in [4.69, 9.17) is 0 Å². The monoisotopic (exact) mass is 235 g/mol. The number of amides is 1. The van der Waals surface area contributed by atoms with Gasteiger partial charge in [-0.1, -0.05) is 6.92 Å². The summed E-state index contributed by atoms with van der Waals surface area (Å²) >= 11 is 0. The number of rotatable bonds is 2. The predicted octanol–water partition coefficient (Wildman–Crippen LogP) is 1.30. The number of aliphatic hydroxyl groups is 1. The Balaban J connectivity index is 2.12. The van der Waals surface area contributed by atoms with Crippen LogP contribution in [0.1, 0.15) is 29.3 Å². The normalized spacial score (nSPS) is 17.7. The van der Waals surface area contributed by atoms with Crippen LogP contribution in [0, 0.1) is 6.92 Å². The summed E-state index contributed by atoms with van der Waals surface area (Å²) in [5, 5.41) is 19.1. The van der Waals surface area contributed by atoms with E-state index in [1.165, 1.54) is 6.07 Å². The number of hydrogen-bond donors (Lipinski definition) is 2. The zero-order chi connectivity index (χ0) is 12.6. The van der Waals surface area contributed by atoms with Crippen molar-refractivity contribution >= 4 is 5.91 Å². The second kappa shape index (κ2) is 4.04. The first kappa shape index (κ1) is 11.9. The fraction of sp³-hybridized carbons (Fsp3) is 0.462. The number of likely N-dealkylation sites (tertiary alicyclic amines) is 1. The lowest BCUT2D eigenvalue weighted by Crippen LogP contribution is -2.63. The maximum absolute atomic E-state index is 12.1. The summed E-state index contributed by atoms with van der Waals surface area (Å²) in [5.41, 5.74) is 0.628. The van der Waals surface area contributed by atoms with Crippen LogP contribution in [-0.2, 0) is 0 Å². The van der Waals surface area contributed by atoms with E-state index in [0.717, 1.165) is 5.56 Å². The van der Waals surface area contributed by atoms with Crippen molar-refractivity contribution in [2.75, 3.05) is 13.1 Å². The van der Waals surface area contributed by atoms with Gasteiger partial charge in [0.15, 0.2) is 0 Å². The number of nitrogens with zero attached hydrogens (tertiary/aromatic N) is 1. The highest BCUT2D eigenvalue weighted by atomic mass is 16.3. The van der Waals surface area contributed by atoms with E-state index in [0.29, 0.717) is 25.1 Å². The molecule has 4 heteroatoms. The van der Waals surface area contributed by atoms with Crippen molar-refractivity contribution in [1.82, 2.24) is 4.90 Å². The Kier molecular flexibility index (Phi) is 2.83. The van der Waals surface area contributed by atoms with Crippen LogP contribution in [0.15, 0.2) is 18.2 Å². The van der Waals surface area contributed by atoms with Crippen molar-refractivity contribution in [2.45, 2.75) is 25.9 Å². The maximum atomic E-state index is 12.1. The molecule has 0 spiro atoms. The number of carbonyl (C=O) groups excluding carboxylic acids is 1. The molecule has 0 aromatic heterocycles. The zero-order valence-electron chi connectivity index (χ0n) is 10.1. The lowest BCUT2D eigenvalue weighted by Gasteiger charge is -2.46. The summed E-state index contributed by atoms with van der Waals surface area (Å²) in [6, 6.07) is 4.70. The fourth-order valence-electron chi connectivity index (χ4n) is 2.09. The van der Waals surface area contributed by atoms with Crippen molar-refractivity contribution in [3.8, 4) is 5.75 Å². The maximum Gasteiger partial charge on any atom is 0.254 e. The van der Waals surface area contributed by atoms with Gasteiger partial charge in [-0.05, 0) is 37.1 Å².